The van der Waals surface area contributed by atoms with Crippen LogP contribution in [-0.4, -0.2) is 11.5 Å². The lowest BCUT2D eigenvalue weighted by molar-refractivity contribution is 0.311. The van der Waals surface area contributed by atoms with E-state index in [2.05, 4.69) is 30.2 Å². The van der Waals surface area contributed by atoms with Gasteiger partial charge in [0.25, 0.3) is 0 Å². The maximum absolute atomic E-state index is 6.11. The van der Waals surface area contributed by atoms with Crippen molar-refractivity contribution in [2.45, 2.75) is 51.5 Å². The summed E-state index contributed by atoms with van der Waals surface area (Å²) >= 11 is 0. The highest BCUT2D eigenvalue weighted by Crippen LogP contribution is 2.37. The average molecular weight is 233 g/mol. The van der Waals surface area contributed by atoms with Gasteiger partial charge in [0.05, 0.1) is 0 Å². The van der Waals surface area contributed by atoms with Crippen molar-refractivity contribution in [3.63, 3.8) is 0 Å². The quantitative estimate of drug-likeness (QED) is 0.826. The maximum Gasteiger partial charge on any atom is 0.128 e. The fraction of sp³-hybridized carbons (Fsp3) is 0.643. The van der Waals surface area contributed by atoms with Crippen molar-refractivity contribution in [2.24, 2.45) is 0 Å². The van der Waals surface area contributed by atoms with Gasteiger partial charge in [-0.3, -0.25) is 0 Å². The fourth-order valence-corrected chi connectivity index (χ4v) is 3.04. The van der Waals surface area contributed by atoms with E-state index >= 15 is 0 Å². The molecule has 1 atom stereocenters. The largest absolute Gasteiger partial charge is 0.383 e. The summed E-state index contributed by atoms with van der Waals surface area (Å²) in [6.07, 6.45) is 7.89. The molecule has 1 aromatic heterocycles. The van der Waals surface area contributed by atoms with E-state index in [9.17, 15) is 0 Å². The highest BCUT2D eigenvalue weighted by Gasteiger charge is 2.33. The van der Waals surface area contributed by atoms with Gasteiger partial charge in [-0.15, -0.1) is 0 Å². The predicted molar refractivity (Wildman–Crippen MR) is 71.8 cm³/mol. The number of aryl methyl sites for hydroxylation is 1. The molecular formula is C14H23N3. The molecule has 0 aromatic carbocycles. The Kier molecular flexibility index (Phi) is 3.67. The zero-order chi connectivity index (χ0) is 12.3. The molecule has 94 valence electrons. The van der Waals surface area contributed by atoms with E-state index in [1.54, 1.807) is 6.20 Å². The van der Waals surface area contributed by atoms with Crippen LogP contribution >= 0.6 is 0 Å². The van der Waals surface area contributed by atoms with E-state index in [0.29, 0.717) is 5.82 Å². The topological polar surface area (TPSA) is 50.9 Å². The highest BCUT2D eigenvalue weighted by molar-refractivity contribution is 5.48. The van der Waals surface area contributed by atoms with Crippen molar-refractivity contribution in [1.82, 2.24) is 10.3 Å². The molecule has 3 N–H and O–H groups in total. The Hall–Kier alpha value is -1.09. The minimum Gasteiger partial charge on any atom is -0.383 e. The summed E-state index contributed by atoms with van der Waals surface area (Å²) in [5, 5.41) is 3.72. The smallest absolute Gasteiger partial charge is 0.128 e. The molecule has 2 rings (SSSR count). The van der Waals surface area contributed by atoms with E-state index in [0.717, 1.165) is 13.0 Å². The van der Waals surface area contributed by atoms with E-state index in [1.807, 2.05) is 0 Å². The summed E-state index contributed by atoms with van der Waals surface area (Å²) in [5.41, 5.74) is 8.64. The molecule has 0 radical (unpaired) electrons. The van der Waals surface area contributed by atoms with Crippen molar-refractivity contribution in [3.05, 3.63) is 23.4 Å². The molecular weight excluding hydrogens is 210 g/mol. The van der Waals surface area contributed by atoms with Gasteiger partial charge >= 0.3 is 0 Å². The van der Waals surface area contributed by atoms with E-state index in [4.69, 9.17) is 5.73 Å². The van der Waals surface area contributed by atoms with Gasteiger partial charge in [-0.2, -0.15) is 0 Å². The Bertz CT molecular complexity index is 359. The van der Waals surface area contributed by atoms with Gasteiger partial charge in [-0.1, -0.05) is 19.8 Å². The van der Waals surface area contributed by atoms with Crippen LogP contribution in [0.4, 0.5) is 5.82 Å². The zero-order valence-electron chi connectivity index (χ0n) is 10.9. The molecule has 1 aliphatic heterocycles. The van der Waals surface area contributed by atoms with Gasteiger partial charge in [-0.05, 0) is 44.4 Å². The lowest BCUT2D eigenvalue weighted by atomic mass is 9.81. The van der Waals surface area contributed by atoms with Crippen molar-refractivity contribution in [1.29, 1.82) is 0 Å². The number of anilines is 1. The van der Waals surface area contributed by atoms with Crippen LogP contribution in [0.15, 0.2) is 12.3 Å². The summed E-state index contributed by atoms with van der Waals surface area (Å²) in [6.45, 7) is 5.46. The Morgan fingerprint density at radius 1 is 1.41 bits per heavy atom. The fourth-order valence-electron chi connectivity index (χ4n) is 3.04. The van der Waals surface area contributed by atoms with Gasteiger partial charge in [-0.25, -0.2) is 4.98 Å². The first-order valence-electron chi connectivity index (χ1n) is 6.66. The third-order valence-corrected chi connectivity index (χ3v) is 4.01. The first-order valence-corrected chi connectivity index (χ1v) is 6.66. The molecule has 1 aromatic rings. The van der Waals surface area contributed by atoms with E-state index < -0.39 is 0 Å². The molecule has 0 amide bonds. The Morgan fingerprint density at radius 2 is 2.24 bits per heavy atom. The molecule has 2 heterocycles. The van der Waals surface area contributed by atoms with Crippen molar-refractivity contribution >= 4 is 5.82 Å². The van der Waals surface area contributed by atoms with E-state index in [1.165, 1.54) is 36.8 Å². The number of rotatable bonds is 2. The molecule has 3 heteroatoms. The van der Waals surface area contributed by atoms with Gasteiger partial charge in [0.1, 0.15) is 5.82 Å². The molecule has 1 saturated heterocycles. The molecule has 0 bridgehead atoms. The maximum atomic E-state index is 6.11. The number of nitrogens with one attached hydrogen (secondary N) is 1. The van der Waals surface area contributed by atoms with Crippen LogP contribution in [-0.2, 0) is 5.54 Å². The van der Waals surface area contributed by atoms with Crippen molar-refractivity contribution in [2.75, 3.05) is 12.3 Å². The standard InChI is InChI=1S/C14H23N3/c1-3-14(8-5-4-6-9-17-14)12-11(2)7-10-16-13(12)15/h7,10,17H,3-6,8-9H2,1-2H3,(H2,15,16). The molecule has 0 saturated carbocycles. The first kappa shape index (κ1) is 12.4. The Balaban J connectivity index is 2.45. The van der Waals surface area contributed by atoms with Crippen molar-refractivity contribution in [3.8, 4) is 0 Å². The van der Waals surface area contributed by atoms with Crippen LogP contribution in [0.1, 0.15) is 50.2 Å². The van der Waals surface area contributed by atoms with Crippen LogP contribution in [0.5, 0.6) is 0 Å². The molecule has 1 unspecified atom stereocenters. The second-order valence-corrected chi connectivity index (χ2v) is 5.06. The summed E-state index contributed by atoms with van der Waals surface area (Å²) in [6, 6.07) is 2.07. The van der Waals surface area contributed by atoms with E-state index in [-0.39, 0.29) is 5.54 Å². The third-order valence-electron chi connectivity index (χ3n) is 4.01. The summed E-state index contributed by atoms with van der Waals surface area (Å²) in [5.74, 6) is 0.696. The number of nitrogens with zero attached hydrogens (tertiary/aromatic N) is 1. The number of nitrogen functional groups attached to an aromatic ring is 1. The molecule has 3 nitrogen and oxygen atoms in total. The number of hydrogen-bond donors (Lipinski definition) is 2. The van der Waals surface area contributed by atoms with Crippen molar-refractivity contribution < 1.29 is 0 Å². The second kappa shape index (κ2) is 5.05. The van der Waals surface area contributed by atoms with Crippen LogP contribution in [0, 0.1) is 6.92 Å². The van der Waals surface area contributed by atoms with Crippen LogP contribution < -0.4 is 11.1 Å². The lowest BCUT2D eigenvalue weighted by Crippen LogP contribution is -2.42. The summed E-state index contributed by atoms with van der Waals surface area (Å²) in [7, 11) is 0. The Labute approximate surface area is 104 Å². The zero-order valence-corrected chi connectivity index (χ0v) is 10.9. The van der Waals surface area contributed by atoms with Gasteiger partial charge in [0.2, 0.25) is 0 Å². The summed E-state index contributed by atoms with van der Waals surface area (Å²) in [4.78, 5) is 4.28. The molecule has 0 aliphatic carbocycles. The molecule has 17 heavy (non-hydrogen) atoms. The minimum absolute atomic E-state index is 0.0406. The second-order valence-electron chi connectivity index (χ2n) is 5.06. The minimum atomic E-state index is 0.0406. The third kappa shape index (κ3) is 2.29. The predicted octanol–water partition coefficient (Wildman–Crippen LogP) is 2.74. The molecule has 1 fully saturated rings. The first-order chi connectivity index (χ1) is 8.19. The van der Waals surface area contributed by atoms with Gasteiger partial charge < -0.3 is 11.1 Å². The monoisotopic (exact) mass is 233 g/mol. The number of pyridine rings is 1. The van der Waals surface area contributed by atoms with Crippen LogP contribution in [0.2, 0.25) is 0 Å². The van der Waals surface area contributed by atoms with Gasteiger partial charge in [0, 0.05) is 17.3 Å². The molecule has 1 aliphatic rings. The SMILES string of the molecule is CCC1(c2c(C)ccnc2N)CCCCCN1. The number of hydrogen-bond acceptors (Lipinski definition) is 3. The number of nitrogens with two attached hydrogens (primary N) is 1. The van der Waals surface area contributed by atoms with Crippen LogP contribution in [0.3, 0.4) is 0 Å². The van der Waals surface area contributed by atoms with Crippen LogP contribution in [0.25, 0.3) is 0 Å². The highest BCUT2D eigenvalue weighted by atomic mass is 15.0. The average Bonchev–Trinajstić information content (AvgIpc) is 2.55. The summed E-state index contributed by atoms with van der Waals surface area (Å²) < 4.78 is 0. The molecule has 0 spiro atoms. The lowest BCUT2D eigenvalue weighted by Gasteiger charge is -2.35. The Morgan fingerprint density at radius 3 is 2.94 bits per heavy atom. The van der Waals surface area contributed by atoms with Gasteiger partial charge in [0.15, 0.2) is 0 Å². The number of aromatic nitrogens is 1. The normalized spacial score (nSPS) is 25.5.